The molecule has 0 saturated carbocycles. The molecule has 26 heavy (non-hydrogen) atoms. The molecule has 1 N–H and O–H groups in total. The number of benzene rings is 2. The Morgan fingerprint density at radius 2 is 1.92 bits per heavy atom. The van der Waals surface area contributed by atoms with E-state index in [1.807, 2.05) is 42.5 Å². The molecule has 0 bridgehead atoms. The normalized spacial score (nSPS) is 11.2. The molecule has 0 aliphatic carbocycles. The van der Waals surface area contributed by atoms with Crippen molar-refractivity contribution < 1.29 is 17.9 Å². The Morgan fingerprint density at radius 1 is 1.15 bits per heavy atom. The highest BCUT2D eigenvalue weighted by molar-refractivity contribution is 7.89. The predicted octanol–water partition coefficient (Wildman–Crippen LogP) is 2.75. The van der Waals surface area contributed by atoms with Gasteiger partial charge < -0.3 is 4.74 Å². The minimum absolute atomic E-state index is 0.0117. The minimum Gasteiger partial charge on any atom is -0.458 e. The maximum atomic E-state index is 12.1. The highest BCUT2D eigenvalue weighted by atomic mass is 32.2. The van der Waals surface area contributed by atoms with Gasteiger partial charge in [-0.3, -0.25) is 0 Å². The van der Waals surface area contributed by atoms with Crippen LogP contribution in [0.4, 0.5) is 0 Å². The first kappa shape index (κ1) is 19.4. The van der Waals surface area contributed by atoms with Gasteiger partial charge >= 0.3 is 5.97 Å². The Morgan fingerprint density at radius 3 is 2.65 bits per heavy atom. The fraction of sp³-hybridized carbons (Fsp3) is 0.158. The molecule has 0 spiro atoms. The molecule has 0 aliphatic rings. The van der Waals surface area contributed by atoms with Crippen LogP contribution >= 0.6 is 0 Å². The van der Waals surface area contributed by atoms with Crippen LogP contribution in [0.5, 0.6) is 0 Å². The smallest absolute Gasteiger partial charge is 0.338 e. The third kappa shape index (κ3) is 5.84. The first-order chi connectivity index (χ1) is 12.5. The quantitative estimate of drug-likeness (QED) is 0.569. The largest absolute Gasteiger partial charge is 0.458 e. The van der Waals surface area contributed by atoms with Crippen molar-refractivity contribution in [3.05, 3.63) is 71.8 Å². The lowest BCUT2D eigenvalue weighted by Crippen LogP contribution is -2.24. The fourth-order valence-electron chi connectivity index (χ4n) is 2.07. The molecule has 0 saturated heterocycles. The SMILES string of the molecule is N#CCCNS(=O)(=O)c1cccc(C(=O)OCC=Cc2ccccc2)c1. The second-order valence-electron chi connectivity index (χ2n) is 5.25. The zero-order chi connectivity index (χ0) is 18.8. The van der Waals surface area contributed by atoms with Gasteiger partial charge in [0.25, 0.3) is 0 Å². The molecule has 0 heterocycles. The van der Waals surface area contributed by atoms with Gasteiger partial charge in [-0.05, 0) is 29.8 Å². The van der Waals surface area contributed by atoms with E-state index >= 15 is 0 Å². The number of carbonyl (C=O) groups excluding carboxylic acids is 1. The molecule has 0 aliphatic heterocycles. The maximum absolute atomic E-state index is 12.1. The minimum atomic E-state index is -3.77. The number of hydrogen-bond donors (Lipinski definition) is 1. The van der Waals surface area contributed by atoms with Gasteiger partial charge in [-0.1, -0.05) is 42.5 Å². The molecule has 0 atom stereocenters. The average Bonchev–Trinajstić information content (AvgIpc) is 2.66. The molecule has 2 aromatic rings. The zero-order valence-corrected chi connectivity index (χ0v) is 14.8. The van der Waals surface area contributed by atoms with Gasteiger partial charge in [0.05, 0.1) is 16.5 Å². The second-order valence-corrected chi connectivity index (χ2v) is 7.01. The highest BCUT2D eigenvalue weighted by Gasteiger charge is 2.16. The van der Waals surface area contributed by atoms with Gasteiger partial charge in [0.1, 0.15) is 6.61 Å². The van der Waals surface area contributed by atoms with Gasteiger partial charge in [-0.25, -0.2) is 17.9 Å². The van der Waals surface area contributed by atoms with Crippen LogP contribution in [0.3, 0.4) is 0 Å². The summed E-state index contributed by atoms with van der Waals surface area (Å²) in [6.45, 7) is 0.0862. The molecule has 0 unspecified atom stereocenters. The van der Waals surface area contributed by atoms with E-state index in [1.165, 1.54) is 24.3 Å². The number of rotatable bonds is 8. The lowest BCUT2D eigenvalue weighted by molar-refractivity contribution is 0.0550. The van der Waals surface area contributed by atoms with Gasteiger partial charge in [0.15, 0.2) is 0 Å². The van der Waals surface area contributed by atoms with Crippen molar-refractivity contribution in [2.45, 2.75) is 11.3 Å². The Labute approximate surface area is 152 Å². The zero-order valence-electron chi connectivity index (χ0n) is 14.0. The lowest BCUT2D eigenvalue weighted by Gasteiger charge is -2.07. The summed E-state index contributed by atoms with van der Waals surface area (Å²) in [6.07, 6.45) is 3.60. The summed E-state index contributed by atoms with van der Waals surface area (Å²) in [5.74, 6) is -0.614. The molecular formula is C19H18N2O4S. The summed E-state index contributed by atoms with van der Waals surface area (Å²) in [5.41, 5.74) is 1.13. The number of nitrogens with one attached hydrogen (secondary N) is 1. The summed E-state index contributed by atoms with van der Waals surface area (Å²) in [5, 5.41) is 8.47. The van der Waals surface area contributed by atoms with E-state index in [2.05, 4.69) is 4.72 Å². The van der Waals surface area contributed by atoms with Crippen LogP contribution < -0.4 is 4.72 Å². The number of nitrogens with zero attached hydrogens (tertiary/aromatic N) is 1. The van der Waals surface area contributed by atoms with Crippen LogP contribution in [0.1, 0.15) is 22.3 Å². The Hall–Kier alpha value is -2.95. The first-order valence-electron chi connectivity index (χ1n) is 7.88. The van der Waals surface area contributed by atoms with E-state index in [0.29, 0.717) is 0 Å². The second kappa shape index (κ2) is 9.51. The monoisotopic (exact) mass is 370 g/mol. The van der Waals surface area contributed by atoms with Gasteiger partial charge in [-0.2, -0.15) is 5.26 Å². The Balaban J connectivity index is 1.97. The van der Waals surface area contributed by atoms with Crippen molar-refractivity contribution in [1.82, 2.24) is 4.72 Å². The van der Waals surface area contributed by atoms with Crippen LogP contribution in [0, 0.1) is 11.3 Å². The molecule has 134 valence electrons. The van der Waals surface area contributed by atoms with Gasteiger partial charge in [-0.15, -0.1) is 0 Å². The summed E-state index contributed by atoms with van der Waals surface area (Å²) in [7, 11) is -3.77. The highest BCUT2D eigenvalue weighted by Crippen LogP contribution is 2.12. The molecule has 2 rings (SSSR count). The molecule has 0 radical (unpaired) electrons. The Bertz CT molecular complexity index is 916. The van der Waals surface area contributed by atoms with E-state index in [4.69, 9.17) is 10.00 Å². The van der Waals surface area contributed by atoms with Gasteiger partial charge in [0.2, 0.25) is 10.0 Å². The van der Waals surface area contributed by atoms with Crippen molar-refractivity contribution in [3.8, 4) is 6.07 Å². The predicted molar refractivity (Wildman–Crippen MR) is 97.6 cm³/mol. The van der Waals surface area contributed by atoms with Crippen LogP contribution in [0.25, 0.3) is 6.08 Å². The average molecular weight is 370 g/mol. The molecule has 0 aromatic heterocycles. The van der Waals surface area contributed by atoms with E-state index in [1.54, 1.807) is 6.08 Å². The third-order valence-electron chi connectivity index (χ3n) is 3.33. The number of sulfonamides is 1. The number of hydrogen-bond acceptors (Lipinski definition) is 5. The fourth-order valence-corrected chi connectivity index (χ4v) is 3.15. The summed E-state index contributed by atoms with van der Waals surface area (Å²) in [4.78, 5) is 12.0. The molecule has 6 nitrogen and oxygen atoms in total. The molecule has 0 amide bonds. The maximum Gasteiger partial charge on any atom is 0.338 e. The van der Waals surface area contributed by atoms with Crippen molar-refractivity contribution >= 4 is 22.1 Å². The molecule has 7 heteroatoms. The van der Waals surface area contributed by atoms with Crippen LogP contribution in [-0.2, 0) is 14.8 Å². The van der Waals surface area contributed by atoms with Crippen LogP contribution in [0.15, 0.2) is 65.6 Å². The Kier molecular flexibility index (Phi) is 7.09. The standard InChI is InChI=1S/C19H18N2O4S/c20-12-6-13-21-26(23,24)18-11-4-10-17(15-18)19(22)25-14-5-9-16-7-2-1-3-8-16/h1-5,7-11,15,21H,6,13-14H2. The van der Waals surface area contributed by atoms with E-state index in [0.717, 1.165) is 5.56 Å². The van der Waals surface area contributed by atoms with Crippen molar-refractivity contribution in [3.63, 3.8) is 0 Å². The number of ether oxygens (including phenoxy) is 1. The number of nitriles is 1. The summed E-state index contributed by atoms with van der Waals surface area (Å²) < 4.78 is 31.7. The van der Waals surface area contributed by atoms with E-state index < -0.39 is 16.0 Å². The molecule has 2 aromatic carbocycles. The molecular weight excluding hydrogens is 352 g/mol. The number of carbonyl (C=O) groups is 1. The molecule has 0 fully saturated rings. The van der Waals surface area contributed by atoms with Crippen molar-refractivity contribution in [2.24, 2.45) is 0 Å². The van der Waals surface area contributed by atoms with Crippen LogP contribution in [0.2, 0.25) is 0 Å². The van der Waals surface area contributed by atoms with E-state index in [9.17, 15) is 13.2 Å². The topological polar surface area (TPSA) is 96.3 Å². The van der Waals surface area contributed by atoms with Crippen molar-refractivity contribution in [1.29, 1.82) is 5.26 Å². The van der Waals surface area contributed by atoms with E-state index in [-0.39, 0.29) is 30.0 Å². The summed E-state index contributed by atoms with van der Waals surface area (Å²) in [6, 6.07) is 17.0. The van der Waals surface area contributed by atoms with Crippen LogP contribution in [-0.4, -0.2) is 27.5 Å². The van der Waals surface area contributed by atoms with Crippen molar-refractivity contribution in [2.75, 3.05) is 13.2 Å². The first-order valence-corrected chi connectivity index (χ1v) is 9.36. The summed E-state index contributed by atoms with van der Waals surface area (Å²) >= 11 is 0. The lowest BCUT2D eigenvalue weighted by atomic mass is 10.2. The third-order valence-corrected chi connectivity index (χ3v) is 4.79. The number of esters is 1. The van der Waals surface area contributed by atoms with Gasteiger partial charge in [0, 0.05) is 13.0 Å².